The van der Waals surface area contributed by atoms with Crippen molar-refractivity contribution in [1.29, 1.82) is 0 Å². The van der Waals surface area contributed by atoms with Gasteiger partial charge >= 0.3 is 12.1 Å². The van der Waals surface area contributed by atoms with Crippen LogP contribution in [0.15, 0.2) is 48.5 Å². The number of alkyl carbamates (subject to hydrolysis) is 1. The van der Waals surface area contributed by atoms with Gasteiger partial charge in [-0.1, -0.05) is 68.3 Å². The molecule has 186 valence electrons. The molecule has 3 N–H and O–H groups in total. The second-order valence-electron chi connectivity index (χ2n) is 9.89. The number of aliphatic carboxylic acids is 1. The summed E-state index contributed by atoms with van der Waals surface area (Å²) in [6.45, 7) is 2.98. The fraction of sp³-hybridized carbons (Fsp3) is 0.464. The Labute approximate surface area is 206 Å². The highest BCUT2D eigenvalue weighted by molar-refractivity contribution is 5.79. The lowest BCUT2D eigenvalue weighted by Gasteiger charge is -2.40. The van der Waals surface area contributed by atoms with Crippen LogP contribution in [0.5, 0.6) is 0 Å². The first-order valence-corrected chi connectivity index (χ1v) is 12.5. The van der Waals surface area contributed by atoms with Gasteiger partial charge in [0.25, 0.3) is 0 Å². The van der Waals surface area contributed by atoms with Gasteiger partial charge in [-0.3, -0.25) is 9.59 Å². The number of fused-ring (bicyclic) bond motifs is 3. The Hall–Kier alpha value is -3.35. The monoisotopic (exact) mass is 478 g/mol. The van der Waals surface area contributed by atoms with Crippen molar-refractivity contribution in [2.45, 2.75) is 51.4 Å². The van der Waals surface area contributed by atoms with Gasteiger partial charge in [0.2, 0.25) is 5.91 Å². The molecule has 2 aliphatic rings. The molecule has 1 saturated carbocycles. The average Bonchev–Trinajstić information content (AvgIpc) is 3.15. The number of amides is 2. The highest BCUT2D eigenvalue weighted by Crippen LogP contribution is 2.45. The van der Waals surface area contributed by atoms with Crippen molar-refractivity contribution in [1.82, 2.24) is 10.6 Å². The summed E-state index contributed by atoms with van der Waals surface area (Å²) in [5.74, 6) is -0.946. The Bertz CT molecular complexity index is 1030. The molecule has 4 rings (SSSR count). The number of hydrogen-bond donors (Lipinski definition) is 3. The molecule has 1 unspecified atom stereocenters. The molecular formula is C28H34N2O5. The van der Waals surface area contributed by atoms with Crippen molar-refractivity contribution in [2.24, 2.45) is 11.3 Å². The minimum absolute atomic E-state index is 0.00512. The van der Waals surface area contributed by atoms with Crippen LogP contribution in [0, 0.1) is 11.3 Å². The quantitative estimate of drug-likeness (QED) is 0.434. The van der Waals surface area contributed by atoms with Gasteiger partial charge in [-0.25, -0.2) is 4.79 Å². The van der Waals surface area contributed by atoms with Crippen LogP contribution in [-0.2, 0) is 14.3 Å². The summed E-state index contributed by atoms with van der Waals surface area (Å²) >= 11 is 0. The number of carbonyl (C=O) groups excluding carboxylic acids is 2. The second-order valence-corrected chi connectivity index (χ2v) is 9.89. The van der Waals surface area contributed by atoms with Crippen LogP contribution in [0.2, 0.25) is 0 Å². The summed E-state index contributed by atoms with van der Waals surface area (Å²) in [4.78, 5) is 36.0. The average molecular weight is 479 g/mol. The van der Waals surface area contributed by atoms with Crippen molar-refractivity contribution in [3.63, 3.8) is 0 Å². The molecule has 1 fully saturated rings. The maximum Gasteiger partial charge on any atom is 0.407 e. The lowest BCUT2D eigenvalue weighted by atomic mass is 9.66. The molecule has 2 aromatic rings. The molecule has 0 aromatic heterocycles. The number of hydrogen-bond acceptors (Lipinski definition) is 4. The van der Waals surface area contributed by atoms with E-state index in [0.29, 0.717) is 13.1 Å². The van der Waals surface area contributed by atoms with E-state index in [-0.39, 0.29) is 42.6 Å². The van der Waals surface area contributed by atoms with E-state index in [1.165, 1.54) is 11.1 Å². The summed E-state index contributed by atoms with van der Waals surface area (Å²) in [6, 6.07) is 16.4. The number of ether oxygens (including phenoxy) is 1. The van der Waals surface area contributed by atoms with Gasteiger partial charge in [0.1, 0.15) is 6.61 Å². The molecule has 7 heteroatoms. The SMILES string of the molecule is CCC(CNC(=O)OCC1c2ccccc2-c2ccccc21)CC(=O)NCC1(CC(=O)O)CCC1. The Kier molecular flexibility index (Phi) is 7.73. The largest absolute Gasteiger partial charge is 0.481 e. The first-order chi connectivity index (χ1) is 16.9. The van der Waals surface area contributed by atoms with Crippen LogP contribution in [0.3, 0.4) is 0 Å². The highest BCUT2D eigenvalue weighted by atomic mass is 16.5. The van der Waals surface area contributed by atoms with Crippen LogP contribution in [0.1, 0.15) is 62.5 Å². The minimum atomic E-state index is -0.822. The van der Waals surface area contributed by atoms with Crippen molar-refractivity contribution >= 4 is 18.0 Å². The lowest BCUT2D eigenvalue weighted by molar-refractivity contribution is -0.142. The van der Waals surface area contributed by atoms with Gasteiger partial charge < -0.3 is 20.5 Å². The van der Waals surface area contributed by atoms with E-state index in [1.54, 1.807) is 0 Å². The number of nitrogens with one attached hydrogen (secondary N) is 2. The highest BCUT2D eigenvalue weighted by Gasteiger charge is 2.39. The molecule has 0 heterocycles. The Balaban J connectivity index is 1.23. The van der Waals surface area contributed by atoms with Crippen LogP contribution in [0.4, 0.5) is 4.79 Å². The molecule has 2 aromatic carbocycles. The van der Waals surface area contributed by atoms with Crippen molar-refractivity contribution in [3.05, 3.63) is 59.7 Å². The Morgan fingerprint density at radius 1 is 1.03 bits per heavy atom. The first kappa shape index (κ1) is 24.8. The van der Waals surface area contributed by atoms with E-state index < -0.39 is 12.1 Å². The second kappa shape index (κ2) is 10.9. The van der Waals surface area contributed by atoms with E-state index in [2.05, 4.69) is 34.9 Å². The van der Waals surface area contributed by atoms with Gasteiger partial charge in [0, 0.05) is 25.4 Å². The van der Waals surface area contributed by atoms with Gasteiger partial charge in [0.15, 0.2) is 0 Å². The van der Waals surface area contributed by atoms with Crippen molar-refractivity contribution in [2.75, 3.05) is 19.7 Å². The zero-order valence-corrected chi connectivity index (χ0v) is 20.2. The van der Waals surface area contributed by atoms with Crippen LogP contribution >= 0.6 is 0 Å². The van der Waals surface area contributed by atoms with Crippen LogP contribution < -0.4 is 10.6 Å². The molecule has 0 spiro atoms. The molecule has 0 saturated heterocycles. The van der Waals surface area contributed by atoms with E-state index in [0.717, 1.165) is 36.8 Å². The van der Waals surface area contributed by atoms with Crippen molar-refractivity contribution in [3.8, 4) is 11.1 Å². The predicted molar refractivity (Wildman–Crippen MR) is 133 cm³/mol. The van der Waals surface area contributed by atoms with E-state index in [1.807, 2.05) is 31.2 Å². The zero-order chi connectivity index (χ0) is 24.8. The van der Waals surface area contributed by atoms with Gasteiger partial charge in [-0.2, -0.15) is 0 Å². The zero-order valence-electron chi connectivity index (χ0n) is 20.2. The van der Waals surface area contributed by atoms with Gasteiger partial charge in [0.05, 0.1) is 6.42 Å². The minimum Gasteiger partial charge on any atom is -0.481 e. The molecule has 2 aliphatic carbocycles. The fourth-order valence-electron chi connectivity index (χ4n) is 5.27. The predicted octanol–water partition coefficient (Wildman–Crippen LogP) is 4.70. The van der Waals surface area contributed by atoms with Crippen LogP contribution in [-0.4, -0.2) is 42.8 Å². The third-order valence-electron chi connectivity index (χ3n) is 7.53. The lowest BCUT2D eigenvalue weighted by Crippen LogP contribution is -2.44. The summed E-state index contributed by atoms with van der Waals surface area (Å²) in [6.07, 6.45) is 3.29. The molecular weight excluding hydrogens is 444 g/mol. The number of benzene rings is 2. The fourth-order valence-corrected chi connectivity index (χ4v) is 5.27. The molecule has 2 amide bonds. The maximum atomic E-state index is 12.5. The molecule has 0 radical (unpaired) electrons. The number of carboxylic acid groups (broad SMARTS) is 1. The summed E-state index contributed by atoms with van der Waals surface area (Å²) in [5.41, 5.74) is 4.39. The summed E-state index contributed by atoms with van der Waals surface area (Å²) in [5, 5.41) is 14.9. The van der Waals surface area contributed by atoms with Gasteiger partial charge in [-0.15, -0.1) is 0 Å². The Morgan fingerprint density at radius 3 is 2.20 bits per heavy atom. The molecule has 0 bridgehead atoms. The number of rotatable bonds is 11. The maximum absolute atomic E-state index is 12.5. The molecule has 7 nitrogen and oxygen atoms in total. The van der Waals surface area contributed by atoms with Crippen molar-refractivity contribution < 1.29 is 24.2 Å². The summed E-state index contributed by atoms with van der Waals surface area (Å²) in [7, 11) is 0. The van der Waals surface area contributed by atoms with E-state index >= 15 is 0 Å². The first-order valence-electron chi connectivity index (χ1n) is 12.5. The number of carboxylic acids is 1. The Morgan fingerprint density at radius 2 is 1.66 bits per heavy atom. The van der Waals surface area contributed by atoms with Gasteiger partial charge in [-0.05, 0) is 46.4 Å². The smallest absolute Gasteiger partial charge is 0.407 e. The number of carbonyl (C=O) groups is 3. The molecule has 1 atom stereocenters. The standard InChI is InChI=1S/C28H34N2O5/c1-2-19(14-25(31)30-18-28(12-7-13-28)15-26(32)33)16-29-27(34)35-17-24-22-10-5-3-8-20(22)21-9-4-6-11-23(21)24/h3-6,8-11,19,24H,2,7,12-18H2,1H3,(H,29,34)(H,30,31)(H,32,33). The normalized spacial score (nSPS) is 16.4. The third-order valence-corrected chi connectivity index (χ3v) is 7.53. The molecule has 0 aliphatic heterocycles. The van der Waals surface area contributed by atoms with E-state index in [9.17, 15) is 14.4 Å². The van der Waals surface area contributed by atoms with Crippen LogP contribution in [0.25, 0.3) is 11.1 Å². The van der Waals surface area contributed by atoms with E-state index in [4.69, 9.17) is 9.84 Å². The third kappa shape index (κ3) is 5.84. The molecule has 35 heavy (non-hydrogen) atoms. The topological polar surface area (TPSA) is 105 Å². The summed E-state index contributed by atoms with van der Waals surface area (Å²) < 4.78 is 5.58.